The zero-order chi connectivity index (χ0) is 8.55. The van der Waals surface area contributed by atoms with Gasteiger partial charge in [0.25, 0.3) is 0 Å². The second kappa shape index (κ2) is 3.30. The summed E-state index contributed by atoms with van der Waals surface area (Å²) < 4.78 is 11.9. The Morgan fingerprint density at radius 3 is 2.58 bits per heavy atom. The van der Waals surface area contributed by atoms with E-state index in [0.717, 1.165) is 11.8 Å². The number of nitrogens with one attached hydrogen (secondary N) is 1. The molecular weight excluding hydrogens is 157 g/mol. The third kappa shape index (κ3) is 1.77. The standard InChI is InChI=1S/C9H16FNO/c10-4-9(12)5-11-8-2-6-1-7(6)3-8/h6-9,11-12H,1-5H2. The van der Waals surface area contributed by atoms with Crippen LogP contribution in [0, 0.1) is 11.8 Å². The molecule has 12 heavy (non-hydrogen) atoms. The summed E-state index contributed by atoms with van der Waals surface area (Å²) in [6.07, 6.45) is 3.08. The quantitative estimate of drug-likeness (QED) is 0.656. The Bertz CT molecular complexity index is 155. The Balaban J connectivity index is 1.61. The predicted molar refractivity (Wildman–Crippen MR) is 44.6 cm³/mol. The summed E-state index contributed by atoms with van der Waals surface area (Å²) in [7, 11) is 0. The molecule has 2 nitrogen and oxygen atoms in total. The van der Waals surface area contributed by atoms with Gasteiger partial charge in [-0.3, -0.25) is 0 Å². The van der Waals surface area contributed by atoms with E-state index in [1.165, 1.54) is 19.3 Å². The van der Waals surface area contributed by atoms with Crippen molar-refractivity contribution in [1.29, 1.82) is 0 Å². The minimum absolute atomic E-state index is 0.417. The number of aliphatic hydroxyl groups excluding tert-OH is 1. The summed E-state index contributed by atoms with van der Waals surface area (Å²) in [4.78, 5) is 0. The zero-order valence-corrected chi connectivity index (χ0v) is 7.17. The summed E-state index contributed by atoms with van der Waals surface area (Å²) >= 11 is 0. The highest BCUT2D eigenvalue weighted by molar-refractivity contribution is 4.98. The third-order valence-corrected chi connectivity index (χ3v) is 3.06. The SMILES string of the molecule is OC(CF)CNC1CC2CC2C1. The van der Waals surface area contributed by atoms with Crippen molar-refractivity contribution in [1.82, 2.24) is 5.32 Å². The molecule has 2 saturated carbocycles. The van der Waals surface area contributed by atoms with Crippen LogP contribution in [-0.4, -0.2) is 30.5 Å². The maximum Gasteiger partial charge on any atom is 0.117 e. The van der Waals surface area contributed by atoms with Crippen LogP contribution < -0.4 is 5.32 Å². The van der Waals surface area contributed by atoms with Crippen LogP contribution in [0.25, 0.3) is 0 Å². The van der Waals surface area contributed by atoms with Crippen molar-refractivity contribution in [3.05, 3.63) is 0 Å². The van der Waals surface area contributed by atoms with E-state index in [4.69, 9.17) is 5.11 Å². The maximum atomic E-state index is 11.9. The molecule has 2 rings (SSSR count). The van der Waals surface area contributed by atoms with E-state index in [2.05, 4.69) is 5.32 Å². The number of rotatable bonds is 4. The van der Waals surface area contributed by atoms with E-state index >= 15 is 0 Å². The van der Waals surface area contributed by atoms with Crippen LogP contribution >= 0.6 is 0 Å². The van der Waals surface area contributed by atoms with E-state index in [-0.39, 0.29) is 0 Å². The van der Waals surface area contributed by atoms with Crippen molar-refractivity contribution in [2.24, 2.45) is 11.8 Å². The maximum absolute atomic E-state index is 11.9. The van der Waals surface area contributed by atoms with Crippen LogP contribution in [0.4, 0.5) is 4.39 Å². The molecule has 0 saturated heterocycles. The molecule has 0 bridgehead atoms. The Morgan fingerprint density at radius 2 is 2.00 bits per heavy atom. The van der Waals surface area contributed by atoms with Crippen LogP contribution in [0.2, 0.25) is 0 Å². The van der Waals surface area contributed by atoms with Gasteiger partial charge in [-0.15, -0.1) is 0 Å². The number of fused-ring (bicyclic) bond motifs is 1. The summed E-state index contributed by atoms with van der Waals surface area (Å²) in [6.45, 7) is -0.215. The van der Waals surface area contributed by atoms with Gasteiger partial charge in [0.2, 0.25) is 0 Å². The molecule has 0 amide bonds. The van der Waals surface area contributed by atoms with Crippen LogP contribution in [0.5, 0.6) is 0 Å². The highest BCUT2D eigenvalue weighted by atomic mass is 19.1. The van der Waals surface area contributed by atoms with Crippen molar-refractivity contribution >= 4 is 0 Å². The number of aliphatic hydroxyl groups is 1. The number of alkyl halides is 1. The lowest BCUT2D eigenvalue weighted by molar-refractivity contribution is 0.133. The summed E-state index contributed by atoms with van der Waals surface area (Å²) in [6, 6.07) is 0.551. The van der Waals surface area contributed by atoms with E-state index in [1.54, 1.807) is 0 Å². The van der Waals surface area contributed by atoms with Crippen molar-refractivity contribution in [2.45, 2.75) is 31.4 Å². The first-order valence-corrected chi connectivity index (χ1v) is 4.77. The number of halogens is 1. The fraction of sp³-hybridized carbons (Fsp3) is 1.00. The molecule has 3 atom stereocenters. The summed E-state index contributed by atoms with van der Waals surface area (Å²) in [5.41, 5.74) is 0. The molecule has 0 spiro atoms. The fourth-order valence-electron chi connectivity index (χ4n) is 2.24. The molecular formula is C9H16FNO. The van der Waals surface area contributed by atoms with Gasteiger partial charge < -0.3 is 10.4 Å². The minimum atomic E-state index is -0.804. The molecule has 0 aromatic carbocycles. The van der Waals surface area contributed by atoms with Crippen LogP contribution in [-0.2, 0) is 0 Å². The van der Waals surface area contributed by atoms with Crippen molar-refractivity contribution in [2.75, 3.05) is 13.2 Å². The van der Waals surface area contributed by atoms with Gasteiger partial charge >= 0.3 is 0 Å². The second-order valence-electron chi connectivity index (χ2n) is 4.14. The van der Waals surface area contributed by atoms with Gasteiger partial charge in [0.15, 0.2) is 0 Å². The highest BCUT2D eigenvalue weighted by Gasteiger charge is 2.45. The lowest BCUT2D eigenvalue weighted by Gasteiger charge is -2.15. The molecule has 0 aromatic rings. The van der Waals surface area contributed by atoms with Gasteiger partial charge in [-0.1, -0.05) is 0 Å². The van der Waals surface area contributed by atoms with Gasteiger partial charge in [-0.05, 0) is 31.1 Å². The van der Waals surface area contributed by atoms with Crippen molar-refractivity contribution in [3.63, 3.8) is 0 Å². The lowest BCUT2D eigenvalue weighted by atomic mass is 10.1. The van der Waals surface area contributed by atoms with Crippen LogP contribution in [0.15, 0.2) is 0 Å². The molecule has 3 unspecified atom stereocenters. The zero-order valence-electron chi connectivity index (χ0n) is 7.17. The predicted octanol–water partition coefficient (Wildman–Crippen LogP) is 0.705. The van der Waals surface area contributed by atoms with Crippen molar-refractivity contribution in [3.8, 4) is 0 Å². The average molecular weight is 173 g/mol. The monoisotopic (exact) mass is 173 g/mol. The molecule has 3 heteroatoms. The molecule has 0 aromatic heterocycles. The summed E-state index contributed by atoms with van der Waals surface area (Å²) in [5.74, 6) is 1.90. The van der Waals surface area contributed by atoms with Crippen molar-refractivity contribution < 1.29 is 9.50 Å². The number of hydrogen-bond acceptors (Lipinski definition) is 2. The molecule has 2 aliphatic carbocycles. The topological polar surface area (TPSA) is 32.3 Å². The molecule has 0 heterocycles. The molecule has 0 radical (unpaired) electrons. The summed E-state index contributed by atoms with van der Waals surface area (Å²) in [5, 5.41) is 12.2. The molecule has 2 fully saturated rings. The Labute approximate surface area is 72.2 Å². The molecule has 0 aliphatic heterocycles. The third-order valence-electron chi connectivity index (χ3n) is 3.06. The van der Waals surface area contributed by atoms with Gasteiger partial charge in [0.1, 0.15) is 6.67 Å². The molecule has 2 aliphatic rings. The fourth-order valence-corrected chi connectivity index (χ4v) is 2.24. The first-order chi connectivity index (χ1) is 5.79. The lowest BCUT2D eigenvalue weighted by Crippen LogP contribution is -2.35. The Kier molecular flexibility index (Phi) is 2.33. The minimum Gasteiger partial charge on any atom is -0.389 e. The average Bonchev–Trinajstić information content (AvgIpc) is 2.70. The first kappa shape index (κ1) is 8.45. The van der Waals surface area contributed by atoms with E-state index < -0.39 is 12.8 Å². The van der Waals surface area contributed by atoms with E-state index in [1.807, 2.05) is 0 Å². The van der Waals surface area contributed by atoms with E-state index in [0.29, 0.717) is 12.6 Å². The molecule has 70 valence electrons. The molecule has 2 N–H and O–H groups in total. The largest absolute Gasteiger partial charge is 0.389 e. The normalized spacial score (nSPS) is 41.0. The Morgan fingerprint density at radius 1 is 1.33 bits per heavy atom. The van der Waals surface area contributed by atoms with Gasteiger partial charge in [0, 0.05) is 12.6 Å². The van der Waals surface area contributed by atoms with Crippen LogP contribution in [0.3, 0.4) is 0 Å². The highest BCUT2D eigenvalue weighted by Crippen LogP contribution is 2.51. The van der Waals surface area contributed by atoms with Gasteiger partial charge in [0.05, 0.1) is 6.10 Å². The van der Waals surface area contributed by atoms with Gasteiger partial charge in [-0.2, -0.15) is 0 Å². The smallest absolute Gasteiger partial charge is 0.117 e. The Hall–Kier alpha value is -0.150. The number of hydrogen-bond donors (Lipinski definition) is 2. The van der Waals surface area contributed by atoms with E-state index in [9.17, 15) is 4.39 Å². The van der Waals surface area contributed by atoms with Gasteiger partial charge in [-0.25, -0.2) is 4.39 Å². The first-order valence-electron chi connectivity index (χ1n) is 4.77. The second-order valence-corrected chi connectivity index (χ2v) is 4.14. The van der Waals surface area contributed by atoms with Crippen LogP contribution in [0.1, 0.15) is 19.3 Å².